The molecular weight excluding hydrogens is 160 g/mol. The zero-order valence-electron chi connectivity index (χ0n) is 8.03. The molecule has 0 saturated heterocycles. The number of allylic oxidation sites excluding steroid dienone is 1. The molecule has 13 heavy (non-hydrogen) atoms. The van der Waals surface area contributed by atoms with Gasteiger partial charge in [0.15, 0.2) is 0 Å². The maximum absolute atomic E-state index is 8.89. The number of hydrogen-bond acceptors (Lipinski definition) is 1. The minimum atomic E-state index is 0.228. The third-order valence-electron chi connectivity index (χ3n) is 2.09. The van der Waals surface area contributed by atoms with Crippen LogP contribution in [-0.4, -0.2) is 11.7 Å². The Kier molecular flexibility index (Phi) is 3.71. The molecule has 0 unspecified atom stereocenters. The minimum absolute atomic E-state index is 0.228. The van der Waals surface area contributed by atoms with E-state index in [1.165, 1.54) is 5.56 Å². The van der Waals surface area contributed by atoms with Gasteiger partial charge in [0.25, 0.3) is 0 Å². The van der Waals surface area contributed by atoms with Crippen LogP contribution in [-0.2, 0) is 0 Å². The topological polar surface area (TPSA) is 20.2 Å². The number of benzene rings is 1. The van der Waals surface area contributed by atoms with Crippen LogP contribution in [0.1, 0.15) is 18.9 Å². The average molecular weight is 176 g/mol. The summed E-state index contributed by atoms with van der Waals surface area (Å²) in [4.78, 5) is 0. The third kappa shape index (κ3) is 3.03. The first-order chi connectivity index (χ1) is 6.24. The lowest BCUT2D eigenvalue weighted by atomic mass is 9.97. The van der Waals surface area contributed by atoms with Gasteiger partial charge in [-0.15, -0.1) is 0 Å². The summed E-state index contributed by atoms with van der Waals surface area (Å²) < 4.78 is 0. The number of hydrogen-bond donors (Lipinski definition) is 1. The largest absolute Gasteiger partial charge is 0.396 e. The Morgan fingerprint density at radius 2 is 2.00 bits per heavy atom. The molecule has 0 fully saturated rings. The SMILES string of the molecule is C=C(C[C@@H](C)CO)c1ccccc1. The van der Waals surface area contributed by atoms with E-state index in [1.54, 1.807) is 0 Å². The Bertz CT molecular complexity index is 264. The molecule has 1 atom stereocenters. The zero-order chi connectivity index (χ0) is 9.68. The lowest BCUT2D eigenvalue weighted by Crippen LogP contribution is -2.00. The molecule has 0 aliphatic carbocycles. The fourth-order valence-corrected chi connectivity index (χ4v) is 1.28. The summed E-state index contributed by atoms with van der Waals surface area (Å²) in [7, 11) is 0. The zero-order valence-corrected chi connectivity index (χ0v) is 8.03. The maximum Gasteiger partial charge on any atom is 0.0459 e. The van der Waals surface area contributed by atoms with E-state index in [0.717, 1.165) is 12.0 Å². The van der Waals surface area contributed by atoms with Crippen molar-refractivity contribution in [2.75, 3.05) is 6.61 Å². The second kappa shape index (κ2) is 4.83. The van der Waals surface area contributed by atoms with E-state index in [1.807, 2.05) is 37.3 Å². The average Bonchev–Trinajstić information content (AvgIpc) is 2.19. The van der Waals surface area contributed by atoms with Gasteiger partial charge in [0.1, 0.15) is 0 Å². The first-order valence-corrected chi connectivity index (χ1v) is 4.58. The van der Waals surface area contributed by atoms with E-state index in [0.29, 0.717) is 5.92 Å². The predicted octanol–water partition coefficient (Wildman–Crippen LogP) is 2.72. The lowest BCUT2D eigenvalue weighted by Gasteiger charge is -2.10. The van der Waals surface area contributed by atoms with E-state index < -0.39 is 0 Å². The van der Waals surface area contributed by atoms with Crippen LogP contribution >= 0.6 is 0 Å². The summed E-state index contributed by atoms with van der Waals surface area (Å²) in [6.45, 7) is 6.25. The molecule has 0 aliphatic rings. The van der Waals surface area contributed by atoms with Crippen LogP contribution in [0.3, 0.4) is 0 Å². The van der Waals surface area contributed by atoms with Crippen molar-refractivity contribution in [2.45, 2.75) is 13.3 Å². The van der Waals surface area contributed by atoms with Gasteiger partial charge in [-0.1, -0.05) is 43.8 Å². The van der Waals surface area contributed by atoms with Gasteiger partial charge >= 0.3 is 0 Å². The second-order valence-corrected chi connectivity index (χ2v) is 3.46. The van der Waals surface area contributed by atoms with Gasteiger partial charge in [0.2, 0.25) is 0 Å². The molecule has 0 aromatic heterocycles. The highest BCUT2D eigenvalue weighted by molar-refractivity contribution is 5.63. The summed E-state index contributed by atoms with van der Waals surface area (Å²) in [5.41, 5.74) is 2.27. The van der Waals surface area contributed by atoms with Crippen molar-refractivity contribution in [1.29, 1.82) is 0 Å². The molecule has 0 amide bonds. The first-order valence-electron chi connectivity index (χ1n) is 4.58. The number of aliphatic hydroxyl groups is 1. The van der Waals surface area contributed by atoms with Crippen LogP contribution in [0.2, 0.25) is 0 Å². The minimum Gasteiger partial charge on any atom is -0.396 e. The van der Waals surface area contributed by atoms with Crippen molar-refractivity contribution >= 4 is 5.57 Å². The summed E-state index contributed by atoms with van der Waals surface area (Å²) >= 11 is 0. The number of rotatable bonds is 4. The highest BCUT2D eigenvalue weighted by atomic mass is 16.3. The van der Waals surface area contributed by atoms with Crippen molar-refractivity contribution in [2.24, 2.45) is 5.92 Å². The van der Waals surface area contributed by atoms with Crippen molar-refractivity contribution in [3.05, 3.63) is 42.5 Å². The Hall–Kier alpha value is -1.08. The van der Waals surface area contributed by atoms with Gasteiger partial charge in [-0.2, -0.15) is 0 Å². The molecule has 1 nitrogen and oxygen atoms in total. The highest BCUT2D eigenvalue weighted by Crippen LogP contribution is 2.19. The maximum atomic E-state index is 8.89. The van der Waals surface area contributed by atoms with Crippen LogP contribution in [0.5, 0.6) is 0 Å². The summed E-state index contributed by atoms with van der Waals surface area (Å²) in [5.74, 6) is 0.299. The van der Waals surface area contributed by atoms with Crippen LogP contribution in [0, 0.1) is 5.92 Å². The third-order valence-corrected chi connectivity index (χ3v) is 2.09. The van der Waals surface area contributed by atoms with Crippen LogP contribution in [0.4, 0.5) is 0 Å². The highest BCUT2D eigenvalue weighted by Gasteiger charge is 2.03. The van der Waals surface area contributed by atoms with Crippen molar-refractivity contribution in [3.63, 3.8) is 0 Å². The first kappa shape index (κ1) is 10.0. The number of aliphatic hydroxyl groups excluding tert-OH is 1. The van der Waals surface area contributed by atoms with Crippen LogP contribution in [0.25, 0.3) is 5.57 Å². The quantitative estimate of drug-likeness (QED) is 0.747. The fourth-order valence-electron chi connectivity index (χ4n) is 1.28. The lowest BCUT2D eigenvalue weighted by molar-refractivity contribution is 0.240. The van der Waals surface area contributed by atoms with Gasteiger partial charge in [-0.25, -0.2) is 0 Å². The van der Waals surface area contributed by atoms with E-state index in [2.05, 4.69) is 6.58 Å². The van der Waals surface area contributed by atoms with E-state index in [9.17, 15) is 0 Å². The molecule has 0 radical (unpaired) electrons. The molecule has 0 aliphatic heterocycles. The molecule has 1 N–H and O–H groups in total. The molecule has 0 heterocycles. The van der Waals surface area contributed by atoms with Gasteiger partial charge < -0.3 is 5.11 Å². The van der Waals surface area contributed by atoms with Gasteiger partial charge in [-0.05, 0) is 23.5 Å². The molecule has 0 spiro atoms. The van der Waals surface area contributed by atoms with Gasteiger partial charge in [0.05, 0.1) is 0 Å². The predicted molar refractivity (Wildman–Crippen MR) is 56.3 cm³/mol. The molecule has 1 aromatic rings. The van der Waals surface area contributed by atoms with Crippen molar-refractivity contribution in [1.82, 2.24) is 0 Å². The molecule has 0 bridgehead atoms. The Balaban J connectivity index is 2.59. The Morgan fingerprint density at radius 1 is 1.38 bits per heavy atom. The molecule has 1 aromatic carbocycles. The van der Waals surface area contributed by atoms with Crippen LogP contribution < -0.4 is 0 Å². The second-order valence-electron chi connectivity index (χ2n) is 3.46. The Morgan fingerprint density at radius 3 is 2.54 bits per heavy atom. The van der Waals surface area contributed by atoms with E-state index in [4.69, 9.17) is 5.11 Å². The normalized spacial score (nSPS) is 12.5. The standard InChI is InChI=1S/C12H16O/c1-10(9-13)8-11(2)12-6-4-3-5-7-12/h3-7,10,13H,2,8-9H2,1H3/t10-/m1/s1. The fraction of sp³-hybridized carbons (Fsp3) is 0.333. The van der Waals surface area contributed by atoms with Crippen molar-refractivity contribution < 1.29 is 5.11 Å². The molecule has 1 rings (SSSR count). The molecule has 70 valence electrons. The Labute approximate surface area is 79.7 Å². The summed E-state index contributed by atoms with van der Waals surface area (Å²) in [5, 5.41) is 8.89. The molecular formula is C12H16O. The van der Waals surface area contributed by atoms with Gasteiger partial charge in [0, 0.05) is 6.61 Å². The summed E-state index contributed by atoms with van der Waals surface area (Å²) in [6, 6.07) is 10.1. The summed E-state index contributed by atoms with van der Waals surface area (Å²) in [6.07, 6.45) is 0.862. The smallest absolute Gasteiger partial charge is 0.0459 e. The van der Waals surface area contributed by atoms with Gasteiger partial charge in [-0.3, -0.25) is 0 Å². The molecule has 0 saturated carbocycles. The molecule has 1 heteroatoms. The monoisotopic (exact) mass is 176 g/mol. The van der Waals surface area contributed by atoms with E-state index in [-0.39, 0.29) is 6.61 Å². The van der Waals surface area contributed by atoms with Crippen molar-refractivity contribution in [3.8, 4) is 0 Å². The van der Waals surface area contributed by atoms with E-state index >= 15 is 0 Å². The van der Waals surface area contributed by atoms with Crippen LogP contribution in [0.15, 0.2) is 36.9 Å².